The molecular formula is C30H28N2O3S. The van der Waals surface area contributed by atoms with Crippen molar-refractivity contribution in [3.05, 3.63) is 107 Å². The smallest absolute Gasteiger partial charge is 0.336 e. The normalized spacial score (nSPS) is 15.2. The number of nitriles is 1. The fraction of sp³-hybridized carbons (Fsp3) is 0.200. The molecule has 182 valence electrons. The average molecular weight is 497 g/mol. The maximum Gasteiger partial charge on any atom is 0.336 e. The number of esters is 1. The molecule has 1 unspecified atom stereocenters. The van der Waals surface area contributed by atoms with Crippen LogP contribution in [0.15, 0.2) is 89.2 Å². The Labute approximate surface area is 216 Å². The lowest BCUT2D eigenvalue weighted by Crippen LogP contribution is -2.21. The number of carbonyl (C=O) groups is 1. The summed E-state index contributed by atoms with van der Waals surface area (Å²) in [5.41, 5.74) is 10.4. The molecule has 36 heavy (non-hydrogen) atoms. The van der Waals surface area contributed by atoms with Gasteiger partial charge in [0.25, 0.3) is 0 Å². The van der Waals surface area contributed by atoms with E-state index in [0.717, 1.165) is 21.6 Å². The molecule has 0 fully saturated rings. The van der Waals surface area contributed by atoms with E-state index in [1.807, 2.05) is 48.7 Å². The lowest BCUT2D eigenvalue weighted by atomic mass is 9.83. The van der Waals surface area contributed by atoms with E-state index in [4.69, 9.17) is 15.2 Å². The van der Waals surface area contributed by atoms with Crippen molar-refractivity contribution in [2.45, 2.75) is 37.0 Å². The van der Waals surface area contributed by atoms with E-state index in [0.29, 0.717) is 17.1 Å². The van der Waals surface area contributed by atoms with E-state index in [2.05, 4.69) is 39.0 Å². The first-order valence-corrected chi connectivity index (χ1v) is 12.8. The SMILES string of the molecule is CSc1ccc(C2C(C#N)=C(N)Oc3cc(OC(=O)/C=C/c4ccc(C(C)(C)C)cc4)ccc32)cc1. The van der Waals surface area contributed by atoms with Crippen LogP contribution in [-0.4, -0.2) is 12.2 Å². The van der Waals surface area contributed by atoms with Gasteiger partial charge in [0, 0.05) is 22.6 Å². The number of hydrogen-bond acceptors (Lipinski definition) is 6. The van der Waals surface area contributed by atoms with Gasteiger partial charge in [0.15, 0.2) is 0 Å². The molecule has 0 saturated carbocycles. The van der Waals surface area contributed by atoms with Crippen molar-refractivity contribution in [1.82, 2.24) is 0 Å². The molecule has 0 bridgehead atoms. The Morgan fingerprint density at radius 3 is 2.39 bits per heavy atom. The summed E-state index contributed by atoms with van der Waals surface area (Å²) in [6.45, 7) is 6.47. The van der Waals surface area contributed by atoms with Gasteiger partial charge in [0.1, 0.15) is 23.1 Å². The van der Waals surface area contributed by atoms with Crippen LogP contribution in [0.1, 0.15) is 48.9 Å². The fourth-order valence-electron chi connectivity index (χ4n) is 4.05. The molecule has 6 heteroatoms. The molecule has 2 N–H and O–H groups in total. The number of thioether (sulfide) groups is 1. The van der Waals surface area contributed by atoms with Crippen LogP contribution in [0.25, 0.3) is 6.08 Å². The highest BCUT2D eigenvalue weighted by Crippen LogP contribution is 2.43. The highest BCUT2D eigenvalue weighted by Gasteiger charge is 2.31. The van der Waals surface area contributed by atoms with E-state index >= 15 is 0 Å². The van der Waals surface area contributed by atoms with Gasteiger partial charge >= 0.3 is 5.97 Å². The number of carbonyl (C=O) groups excluding carboxylic acids is 1. The van der Waals surface area contributed by atoms with Gasteiger partial charge in [-0.25, -0.2) is 4.79 Å². The van der Waals surface area contributed by atoms with Gasteiger partial charge in [0.05, 0.1) is 5.92 Å². The maximum atomic E-state index is 12.5. The molecule has 3 aromatic rings. The number of allylic oxidation sites excluding steroid dienone is 1. The summed E-state index contributed by atoms with van der Waals surface area (Å²) < 4.78 is 11.3. The van der Waals surface area contributed by atoms with Crippen LogP contribution in [0.5, 0.6) is 11.5 Å². The van der Waals surface area contributed by atoms with Crippen molar-refractivity contribution in [3.8, 4) is 17.6 Å². The molecule has 1 atom stereocenters. The Kier molecular flexibility index (Phi) is 7.23. The molecule has 0 saturated heterocycles. The monoisotopic (exact) mass is 496 g/mol. The van der Waals surface area contributed by atoms with E-state index in [-0.39, 0.29) is 17.2 Å². The van der Waals surface area contributed by atoms with Gasteiger partial charge in [-0.05, 0) is 52.6 Å². The first-order valence-electron chi connectivity index (χ1n) is 11.6. The lowest BCUT2D eigenvalue weighted by Gasteiger charge is -2.26. The summed E-state index contributed by atoms with van der Waals surface area (Å²) in [7, 11) is 0. The minimum atomic E-state index is -0.504. The second-order valence-corrected chi connectivity index (χ2v) is 10.4. The molecular weight excluding hydrogens is 468 g/mol. The molecule has 0 aromatic heterocycles. The van der Waals surface area contributed by atoms with Crippen molar-refractivity contribution >= 4 is 23.8 Å². The van der Waals surface area contributed by atoms with E-state index in [1.165, 1.54) is 11.6 Å². The van der Waals surface area contributed by atoms with Crippen molar-refractivity contribution < 1.29 is 14.3 Å². The summed E-state index contributed by atoms with van der Waals surface area (Å²) in [5, 5.41) is 9.75. The van der Waals surface area contributed by atoms with Crippen LogP contribution in [0, 0.1) is 11.3 Å². The molecule has 0 amide bonds. The Morgan fingerprint density at radius 2 is 1.78 bits per heavy atom. The number of ether oxygens (including phenoxy) is 2. The van der Waals surface area contributed by atoms with Crippen LogP contribution in [0.3, 0.4) is 0 Å². The van der Waals surface area contributed by atoms with Crippen LogP contribution in [0.2, 0.25) is 0 Å². The standard InChI is InChI=1S/C30H28N2O3S/c1-30(2,3)21-10-5-19(6-11-21)7-16-27(33)34-22-12-15-24-26(17-22)35-29(32)25(18-31)28(24)20-8-13-23(36-4)14-9-20/h5-17,28H,32H2,1-4H3/b16-7+. The van der Waals surface area contributed by atoms with Crippen LogP contribution in [-0.2, 0) is 10.2 Å². The Balaban J connectivity index is 1.53. The van der Waals surface area contributed by atoms with Gasteiger partial charge in [-0.15, -0.1) is 11.8 Å². The molecule has 1 heterocycles. The van der Waals surface area contributed by atoms with Crippen LogP contribution >= 0.6 is 11.8 Å². The molecule has 0 aliphatic carbocycles. The zero-order valence-electron chi connectivity index (χ0n) is 20.7. The predicted octanol–water partition coefficient (Wildman–Crippen LogP) is 6.54. The topological polar surface area (TPSA) is 85.3 Å². The summed E-state index contributed by atoms with van der Waals surface area (Å²) in [6, 6.07) is 23.4. The lowest BCUT2D eigenvalue weighted by molar-refractivity contribution is -0.128. The van der Waals surface area contributed by atoms with Crippen LogP contribution < -0.4 is 15.2 Å². The quantitative estimate of drug-likeness (QED) is 0.187. The second-order valence-electron chi connectivity index (χ2n) is 9.52. The third-order valence-corrected chi connectivity index (χ3v) is 6.79. The number of fused-ring (bicyclic) bond motifs is 1. The van der Waals surface area contributed by atoms with Crippen molar-refractivity contribution in [2.24, 2.45) is 5.73 Å². The average Bonchev–Trinajstić information content (AvgIpc) is 2.86. The maximum absolute atomic E-state index is 12.5. The molecule has 5 nitrogen and oxygen atoms in total. The molecule has 0 spiro atoms. The summed E-state index contributed by atoms with van der Waals surface area (Å²) in [5.74, 6) is -0.0360. The van der Waals surface area contributed by atoms with Gasteiger partial charge < -0.3 is 15.2 Å². The number of nitrogens with two attached hydrogens (primary N) is 1. The molecule has 1 aliphatic rings. The molecule has 4 rings (SSSR count). The Bertz CT molecular complexity index is 1380. The minimum absolute atomic E-state index is 0.0472. The fourth-order valence-corrected chi connectivity index (χ4v) is 4.46. The third-order valence-electron chi connectivity index (χ3n) is 6.05. The van der Waals surface area contributed by atoms with Crippen molar-refractivity contribution in [1.29, 1.82) is 5.26 Å². The molecule has 3 aromatic carbocycles. The van der Waals surface area contributed by atoms with E-state index in [9.17, 15) is 10.1 Å². The van der Waals surface area contributed by atoms with Crippen molar-refractivity contribution in [3.63, 3.8) is 0 Å². The van der Waals surface area contributed by atoms with Gasteiger partial charge in [-0.1, -0.05) is 63.2 Å². The summed E-state index contributed by atoms with van der Waals surface area (Å²) in [4.78, 5) is 13.6. The molecule has 0 radical (unpaired) electrons. The Morgan fingerprint density at radius 1 is 1.08 bits per heavy atom. The first kappa shape index (κ1) is 25.2. The largest absolute Gasteiger partial charge is 0.440 e. The van der Waals surface area contributed by atoms with Crippen molar-refractivity contribution in [2.75, 3.05) is 6.26 Å². The predicted molar refractivity (Wildman–Crippen MR) is 144 cm³/mol. The van der Waals surface area contributed by atoms with E-state index < -0.39 is 5.97 Å². The third kappa shape index (κ3) is 5.48. The minimum Gasteiger partial charge on any atom is -0.440 e. The number of benzene rings is 3. The summed E-state index contributed by atoms with van der Waals surface area (Å²) >= 11 is 1.65. The second kappa shape index (κ2) is 10.3. The zero-order valence-corrected chi connectivity index (χ0v) is 21.6. The van der Waals surface area contributed by atoms with Crippen LogP contribution in [0.4, 0.5) is 0 Å². The Hall–Kier alpha value is -3.95. The van der Waals surface area contributed by atoms with Gasteiger partial charge in [0.2, 0.25) is 5.88 Å². The van der Waals surface area contributed by atoms with E-state index in [1.54, 1.807) is 30.0 Å². The van der Waals surface area contributed by atoms with Gasteiger partial charge in [-0.3, -0.25) is 0 Å². The number of hydrogen-bond donors (Lipinski definition) is 1. The highest BCUT2D eigenvalue weighted by atomic mass is 32.2. The highest BCUT2D eigenvalue weighted by molar-refractivity contribution is 7.98. The number of rotatable bonds is 5. The first-order chi connectivity index (χ1) is 17.2. The zero-order chi connectivity index (χ0) is 25.9. The van der Waals surface area contributed by atoms with Gasteiger partial charge in [-0.2, -0.15) is 5.26 Å². The number of nitrogens with zero attached hydrogens (tertiary/aromatic N) is 1. The molecule has 1 aliphatic heterocycles. The summed E-state index contributed by atoms with van der Waals surface area (Å²) in [6.07, 6.45) is 5.13.